The van der Waals surface area contributed by atoms with Gasteiger partial charge in [-0.2, -0.15) is 0 Å². The predicted molar refractivity (Wildman–Crippen MR) is 65.2 cm³/mol. The van der Waals surface area contributed by atoms with Crippen LogP contribution in [0.2, 0.25) is 5.02 Å². The lowest BCUT2D eigenvalue weighted by atomic mass is 10.1. The number of β-amino-alcohol motifs (C(OH)–C–C–N with tert-alkyl or cyclic N) is 1. The first-order valence-electron chi connectivity index (χ1n) is 5.39. The number of nitrogens with zero attached hydrogens (tertiary/aromatic N) is 1. The largest absolute Gasteiger partial charge is 0.389 e. The molecule has 4 nitrogen and oxygen atoms in total. The highest BCUT2D eigenvalue weighted by molar-refractivity contribution is 6.31. The molecule has 88 valence electrons. The molecular formula is C12H11ClN2O2. The van der Waals surface area contributed by atoms with Crippen LogP contribution in [0, 0.1) is 0 Å². The van der Waals surface area contributed by atoms with Crippen molar-refractivity contribution in [1.29, 1.82) is 0 Å². The second-order valence-corrected chi connectivity index (χ2v) is 4.71. The van der Waals surface area contributed by atoms with Gasteiger partial charge >= 0.3 is 0 Å². The fourth-order valence-electron chi connectivity index (χ4n) is 2.01. The number of hydrogen-bond donors (Lipinski definition) is 2. The summed E-state index contributed by atoms with van der Waals surface area (Å²) in [4.78, 5) is 16.6. The van der Waals surface area contributed by atoms with E-state index in [1.165, 1.54) is 0 Å². The number of aliphatic hydroxyl groups excluding tert-OH is 1. The molecule has 0 aliphatic carbocycles. The van der Waals surface area contributed by atoms with Crippen LogP contribution in [0.4, 0.5) is 0 Å². The van der Waals surface area contributed by atoms with Gasteiger partial charge in [0, 0.05) is 29.0 Å². The van der Waals surface area contributed by atoms with Crippen molar-refractivity contribution in [3.05, 3.63) is 35.0 Å². The van der Waals surface area contributed by atoms with Crippen LogP contribution in [0.25, 0.3) is 10.9 Å². The average Bonchev–Trinajstić information content (AvgIpc) is 2.66. The van der Waals surface area contributed by atoms with Crippen LogP contribution in [0.5, 0.6) is 0 Å². The van der Waals surface area contributed by atoms with E-state index in [0.717, 1.165) is 10.9 Å². The van der Waals surface area contributed by atoms with Gasteiger partial charge < -0.3 is 15.0 Å². The lowest BCUT2D eigenvalue weighted by molar-refractivity contribution is 0.00557. The minimum Gasteiger partial charge on any atom is -0.389 e. The highest BCUT2D eigenvalue weighted by atomic mass is 35.5. The van der Waals surface area contributed by atoms with Crippen LogP contribution in [0.1, 0.15) is 10.5 Å². The van der Waals surface area contributed by atoms with Crippen LogP contribution < -0.4 is 0 Å². The molecule has 2 aromatic rings. The highest BCUT2D eigenvalue weighted by Crippen LogP contribution is 2.21. The maximum atomic E-state index is 12.0. The smallest absolute Gasteiger partial charge is 0.270 e. The van der Waals surface area contributed by atoms with E-state index in [9.17, 15) is 4.79 Å². The Labute approximate surface area is 103 Å². The number of rotatable bonds is 1. The number of aliphatic hydroxyl groups is 1. The quantitative estimate of drug-likeness (QED) is 0.808. The predicted octanol–water partition coefficient (Wildman–Crippen LogP) is 1.64. The minimum atomic E-state index is -0.377. The Morgan fingerprint density at radius 1 is 1.41 bits per heavy atom. The van der Waals surface area contributed by atoms with Crippen molar-refractivity contribution in [3.8, 4) is 0 Å². The molecule has 5 heteroatoms. The second-order valence-electron chi connectivity index (χ2n) is 4.28. The van der Waals surface area contributed by atoms with Crippen molar-refractivity contribution in [3.63, 3.8) is 0 Å². The summed E-state index contributed by atoms with van der Waals surface area (Å²) < 4.78 is 0. The van der Waals surface area contributed by atoms with Gasteiger partial charge in [-0.15, -0.1) is 0 Å². The Bertz CT molecular complexity index is 587. The van der Waals surface area contributed by atoms with E-state index in [0.29, 0.717) is 23.8 Å². The number of carbonyl (C=O) groups is 1. The van der Waals surface area contributed by atoms with Crippen LogP contribution in [0.3, 0.4) is 0 Å². The van der Waals surface area contributed by atoms with Gasteiger partial charge in [-0.25, -0.2) is 0 Å². The molecule has 0 unspecified atom stereocenters. The summed E-state index contributed by atoms with van der Waals surface area (Å²) in [5, 5.41) is 10.8. The number of benzene rings is 1. The zero-order valence-electron chi connectivity index (χ0n) is 8.98. The van der Waals surface area contributed by atoms with E-state index in [-0.39, 0.29) is 12.0 Å². The van der Waals surface area contributed by atoms with Gasteiger partial charge in [0.2, 0.25) is 0 Å². The van der Waals surface area contributed by atoms with E-state index >= 15 is 0 Å². The summed E-state index contributed by atoms with van der Waals surface area (Å²) in [5.74, 6) is -0.0809. The lowest BCUT2D eigenvalue weighted by Gasteiger charge is -2.35. The maximum absolute atomic E-state index is 12.0. The number of hydrogen-bond acceptors (Lipinski definition) is 2. The SMILES string of the molecule is O=C(c1cc2ccc(Cl)cc2[nH]1)N1CC(O)C1. The number of halogens is 1. The number of aromatic nitrogens is 1. The Balaban J connectivity index is 1.93. The van der Waals surface area contributed by atoms with Crippen molar-refractivity contribution >= 4 is 28.4 Å². The molecule has 1 saturated heterocycles. The fourth-order valence-corrected chi connectivity index (χ4v) is 2.18. The molecule has 1 fully saturated rings. The second kappa shape index (κ2) is 3.75. The van der Waals surface area contributed by atoms with Crippen molar-refractivity contribution in [1.82, 2.24) is 9.88 Å². The molecule has 0 saturated carbocycles. The first-order chi connectivity index (χ1) is 8.13. The fraction of sp³-hybridized carbons (Fsp3) is 0.250. The third kappa shape index (κ3) is 1.79. The number of H-pyrrole nitrogens is 1. The molecule has 0 radical (unpaired) electrons. The van der Waals surface area contributed by atoms with Crippen LogP contribution in [-0.4, -0.2) is 40.1 Å². The molecular weight excluding hydrogens is 240 g/mol. The third-order valence-corrected chi connectivity index (χ3v) is 3.20. The molecule has 1 aliphatic rings. The monoisotopic (exact) mass is 250 g/mol. The maximum Gasteiger partial charge on any atom is 0.270 e. The van der Waals surface area contributed by atoms with Crippen LogP contribution in [-0.2, 0) is 0 Å². The standard InChI is InChI=1S/C12H11ClN2O2/c13-8-2-1-7-3-11(14-10(7)4-8)12(17)15-5-9(16)6-15/h1-4,9,14,16H,5-6H2. The lowest BCUT2D eigenvalue weighted by Crippen LogP contribution is -2.53. The third-order valence-electron chi connectivity index (χ3n) is 2.96. The molecule has 2 heterocycles. The topological polar surface area (TPSA) is 56.3 Å². The zero-order valence-corrected chi connectivity index (χ0v) is 9.74. The normalized spacial score (nSPS) is 16.2. The molecule has 3 rings (SSSR count). The molecule has 17 heavy (non-hydrogen) atoms. The summed E-state index contributed by atoms with van der Waals surface area (Å²) in [6, 6.07) is 7.26. The van der Waals surface area contributed by atoms with Gasteiger partial charge in [-0.3, -0.25) is 4.79 Å². The van der Waals surface area contributed by atoms with E-state index in [1.54, 1.807) is 23.1 Å². The summed E-state index contributed by atoms with van der Waals surface area (Å²) in [6.45, 7) is 0.823. The number of fused-ring (bicyclic) bond motifs is 1. The molecule has 1 amide bonds. The van der Waals surface area contributed by atoms with Gasteiger partial charge in [0.05, 0.1) is 6.10 Å². The highest BCUT2D eigenvalue weighted by Gasteiger charge is 2.30. The number of carbonyl (C=O) groups excluding carboxylic acids is 1. The zero-order chi connectivity index (χ0) is 12.0. The number of likely N-dealkylation sites (tertiary alicyclic amines) is 1. The van der Waals surface area contributed by atoms with Crippen LogP contribution in [0.15, 0.2) is 24.3 Å². The van der Waals surface area contributed by atoms with Crippen molar-refractivity contribution in [2.75, 3.05) is 13.1 Å². The summed E-state index contributed by atoms with van der Waals surface area (Å²) in [7, 11) is 0. The molecule has 0 atom stereocenters. The summed E-state index contributed by atoms with van der Waals surface area (Å²) in [5.41, 5.74) is 1.39. The minimum absolute atomic E-state index is 0.0809. The number of nitrogens with one attached hydrogen (secondary N) is 1. The molecule has 1 aliphatic heterocycles. The van der Waals surface area contributed by atoms with Crippen LogP contribution >= 0.6 is 11.6 Å². The van der Waals surface area contributed by atoms with Gasteiger partial charge in [0.25, 0.3) is 5.91 Å². The Kier molecular flexibility index (Phi) is 2.34. The summed E-state index contributed by atoms with van der Waals surface area (Å²) >= 11 is 5.88. The number of aromatic amines is 1. The van der Waals surface area contributed by atoms with E-state index < -0.39 is 0 Å². The van der Waals surface area contributed by atoms with Gasteiger partial charge in [0.1, 0.15) is 5.69 Å². The first-order valence-corrected chi connectivity index (χ1v) is 5.77. The molecule has 1 aromatic carbocycles. The average molecular weight is 251 g/mol. The molecule has 2 N–H and O–H groups in total. The van der Waals surface area contributed by atoms with Crippen molar-refractivity contribution in [2.24, 2.45) is 0 Å². The Morgan fingerprint density at radius 3 is 2.88 bits per heavy atom. The van der Waals surface area contributed by atoms with Crippen molar-refractivity contribution in [2.45, 2.75) is 6.10 Å². The van der Waals surface area contributed by atoms with Gasteiger partial charge in [-0.05, 0) is 18.2 Å². The molecule has 0 spiro atoms. The van der Waals surface area contributed by atoms with E-state index in [4.69, 9.17) is 16.7 Å². The molecule has 1 aromatic heterocycles. The van der Waals surface area contributed by atoms with Gasteiger partial charge in [0.15, 0.2) is 0 Å². The molecule has 0 bridgehead atoms. The Hall–Kier alpha value is -1.52. The first kappa shape index (κ1) is 10.6. The van der Waals surface area contributed by atoms with E-state index in [1.807, 2.05) is 6.07 Å². The Morgan fingerprint density at radius 2 is 2.18 bits per heavy atom. The van der Waals surface area contributed by atoms with Crippen molar-refractivity contribution < 1.29 is 9.90 Å². The van der Waals surface area contributed by atoms with Gasteiger partial charge in [-0.1, -0.05) is 17.7 Å². The summed E-state index contributed by atoms with van der Waals surface area (Å²) in [6.07, 6.45) is -0.377. The van der Waals surface area contributed by atoms with E-state index in [2.05, 4.69) is 4.98 Å². The number of amides is 1.